The van der Waals surface area contributed by atoms with Crippen molar-refractivity contribution in [2.75, 3.05) is 13.1 Å². The maximum absolute atomic E-state index is 13.0. The Morgan fingerprint density at radius 1 is 1.21 bits per heavy atom. The fraction of sp³-hybridized carbons (Fsp3) is 0.476. The number of pyridine rings is 1. The number of aromatic amines is 1. The summed E-state index contributed by atoms with van der Waals surface area (Å²) >= 11 is 0. The van der Waals surface area contributed by atoms with E-state index in [1.165, 1.54) is 18.5 Å². The Labute approximate surface area is 187 Å². The summed E-state index contributed by atoms with van der Waals surface area (Å²) in [6.45, 7) is 4.23. The molecule has 0 aromatic carbocycles. The molecule has 12 heteroatoms. The highest BCUT2D eigenvalue weighted by atomic mass is 19.4. The Bertz CT molecular complexity index is 1030. The van der Waals surface area contributed by atoms with Gasteiger partial charge in [0.2, 0.25) is 11.8 Å². The summed E-state index contributed by atoms with van der Waals surface area (Å²) < 4.78 is 43.6. The number of nitrogens with zero attached hydrogens (tertiary/aromatic N) is 3. The number of hydrogen-bond acceptors (Lipinski definition) is 6. The average Bonchev–Trinajstić information content (AvgIpc) is 2.77. The minimum absolute atomic E-state index is 0.0840. The minimum Gasteiger partial charge on any atom is -0.474 e. The summed E-state index contributed by atoms with van der Waals surface area (Å²) in [4.78, 5) is 48.7. The third-order valence-electron chi connectivity index (χ3n) is 5.25. The average molecular weight is 467 g/mol. The van der Waals surface area contributed by atoms with Crippen LogP contribution < -0.4 is 15.6 Å². The van der Waals surface area contributed by atoms with Gasteiger partial charge in [-0.25, -0.2) is 9.97 Å². The molecule has 1 saturated heterocycles. The SMILES string of the molecule is CC(C)[C@H](NC(=O)c1ncc[nH]c1=O)C(=O)N1CCC(Oc2ccc(C(F)(F)F)cn2)CC1. The van der Waals surface area contributed by atoms with E-state index in [0.29, 0.717) is 25.9 Å². The number of H-pyrrole nitrogens is 1. The number of alkyl halides is 3. The van der Waals surface area contributed by atoms with Gasteiger partial charge in [-0.3, -0.25) is 14.4 Å². The molecule has 2 aromatic rings. The molecule has 9 nitrogen and oxygen atoms in total. The topological polar surface area (TPSA) is 117 Å². The Balaban J connectivity index is 1.57. The lowest BCUT2D eigenvalue weighted by Gasteiger charge is -2.35. The van der Waals surface area contributed by atoms with Crippen molar-refractivity contribution in [2.24, 2.45) is 5.92 Å². The largest absolute Gasteiger partial charge is 0.474 e. The second-order valence-electron chi connectivity index (χ2n) is 7.99. The van der Waals surface area contributed by atoms with Crippen LogP contribution in [-0.2, 0) is 11.0 Å². The van der Waals surface area contributed by atoms with E-state index in [-0.39, 0.29) is 29.5 Å². The van der Waals surface area contributed by atoms with Gasteiger partial charge in [-0.1, -0.05) is 13.8 Å². The molecular weight excluding hydrogens is 443 g/mol. The number of carbonyl (C=O) groups is 2. The van der Waals surface area contributed by atoms with Gasteiger partial charge in [-0.05, 0) is 12.0 Å². The van der Waals surface area contributed by atoms with Crippen LogP contribution in [0.1, 0.15) is 42.7 Å². The molecule has 178 valence electrons. The van der Waals surface area contributed by atoms with Crippen molar-refractivity contribution >= 4 is 11.8 Å². The van der Waals surface area contributed by atoms with Crippen LogP contribution in [0.3, 0.4) is 0 Å². The maximum atomic E-state index is 13.0. The standard InChI is InChI=1S/C21H24F3N5O4/c1-12(2)16(28-19(31)17-18(30)26-8-7-25-17)20(32)29-9-5-14(6-10-29)33-15-4-3-13(11-27-15)21(22,23)24/h3-4,7-8,11-12,14,16H,5-6,9-10H2,1-2H3,(H,26,30)(H,28,31)/t16-/m0/s1. The minimum atomic E-state index is -4.47. The first-order valence-electron chi connectivity index (χ1n) is 10.4. The second-order valence-corrected chi connectivity index (χ2v) is 7.99. The summed E-state index contributed by atoms with van der Waals surface area (Å²) in [6, 6.07) is 1.22. The van der Waals surface area contributed by atoms with E-state index in [1.54, 1.807) is 18.7 Å². The zero-order valence-corrected chi connectivity index (χ0v) is 18.1. The van der Waals surface area contributed by atoms with E-state index in [9.17, 15) is 27.6 Å². The number of halogens is 3. The van der Waals surface area contributed by atoms with Crippen molar-refractivity contribution in [1.82, 2.24) is 25.2 Å². The quantitative estimate of drug-likeness (QED) is 0.671. The van der Waals surface area contributed by atoms with Gasteiger partial charge in [0.15, 0.2) is 5.69 Å². The predicted octanol–water partition coefficient (Wildman–Crippen LogP) is 2.01. The third-order valence-corrected chi connectivity index (χ3v) is 5.25. The van der Waals surface area contributed by atoms with E-state index in [1.807, 2.05) is 0 Å². The normalized spacial score (nSPS) is 15.9. The van der Waals surface area contributed by atoms with Crippen LogP contribution in [0.5, 0.6) is 5.88 Å². The van der Waals surface area contributed by atoms with Crippen molar-refractivity contribution in [2.45, 2.75) is 45.0 Å². The van der Waals surface area contributed by atoms with Crippen LogP contribution in [0.15, 0.2) is 35.5 Å². The summed E-state index contributed by atoms with van der Waals surface area (Å²) in [7, 11) is 0. The molecule has 3 heterocycles. The van der Waals surface area contributed by atoms with Gasteiger partial charge in [-0.2, -0.15) is 13.2 Å². The molecule has 1 atom stereocenters. The van der Waals surface area contributed by atoms with Crippen LogP contribution in [0, 0.1) is 5.92 Å². The number of ether oxygens (including phenoxy) is 1. The van der Waals surface area contributed by atoms with Crippen molar-refractivity contribution in [3.8, 4) is 5.88 Å². The first-order chi connectivity index (χ1) is 15.6. The van der Waals surface area contributed by atoms with Crippen LogP contribution in [0.2, 0.25) is 0 Å². The van der Waals surface area contributed by atoms with Gasteiger partial charge >= 0.3 is 6.18 Å². The lowest BCUT2D eigenvalue weighted by Crippen LogP contribution is -2.54. The Kier molecular flexibility index (Phi) is 7.34. The number of piperidine rings is 1. The highest BCUT2D eigenvalue weighted by Crippen LogP contribution is 2.29. The van der Waals surface area contributed by atoms with E-state index >= 15 is 0 Å². The van der Waals surface area contributed by atoms with Crippen LogP contribution in [0.25, 0.3) is 0 Å². The number of aromatic nitrogens is 3. The molecule has 0 bridgehead atoms. The van der Waals surface area contributed by atoms with Crippen LogP contribution in [0.4, 0.5) is 13.2 Å². The summed E-state index contributed by atoms with van der Waals surface area (Å²) in [6.07, 6.45) is -0.576. The number of carbonyl (C=O) groups excluding carboxylic acids is 2. The van der Waals surface area contributed by atoms with Gasteiger partial charge in [0.1, 0.15) is 12.1 Å². The molecule has 1 aliphatic heterocycles. The second kappa shape index (κ2) is 10.0. The number of rotatable bonds is 6. The number of nitrogens with one attached hydrogen (secondary N) is 2. The van der Waals surface area contributed by atoms with Crippen LogP contribution >= 0.6 is 0 Å². The lowest BCUT2D eigenvalue weighted by atomic mass is 10.00. The Morgan fingerprint density at radius 2 is 1.91 bits per heavy atom. The number of hydrogen-bond donors (Lipinski definition) is 2. The first-order valence-corrected chi connectivity index (χ1v) is 10.4. The van der Waals surface area contributed by atoms with E-state index in [2.05, 4.69) is 20.3 Å². The predicted molar refractivity (Wildman–Crippen MR) is 110 cm³/mol. The van der Waals surface area contributed by atoms with Crippen molar-refractivity contribution < 1.29 is 27.5 Å². The molecule has 0 radical (unpaired) electrons. The molecule has 2 amide bonds. The van der Waals surface area contributed by atoms with Crippen molar-refractivity contribution in [3.63, 3.8) is 0 Å². The maximum Gasteiger partial charge on any atom is 0.417 e. The molecule has 2 N–H and O–H groups in total. The van der Waals surface area contributed by atoms with Crippen molar-refractivity contribution in [1.29, 1.82) is 0 Å². The number of amides is 2. The van der Waals surface area contributed by atoms with E-state index < -0.39 is 29.2 Å². The molecule has 2 aromatic heterocycles. The monoisotopic (exact) mass is 467 g/mol. The molecule has 33 heavy (non-hydrogen) atoms. The molecular formula is C21H24F3N5O4. The molecule has 3 rings (SSSR count). The molecule has 1 aliphatic rings. The highest BCUT2D eigenvalue weighted by molar-refractivity contribution is 5.95. The van der Waals surface area contributed by atoms with Gasteiger partial charge in [0, 0.05) is 50.6 Å². The highest BCUT2D eigenvalue weighted by Gasteiger charge is 2.33. The van der Waals surface area contributed by atoms with E-state index in [0.717, 1.165) is 12.3 Å². The van der Waals surface area contributed by atoms with Crippen LogP contribution in [-0.4, -0.2) is 56.9 Å². The molecule has 0 unspecified atom stereocenters. The van der Waals surface area contributed by atoms with Gasteiger partial charge in [0.05, 0.1) is 5.56 Å². The summed E-state index contributed by atoms with van der Waals surface area (Å²) in [5.41, 5.74) is -1.84. The number of likely N-dealkylation sites (tertiary alicyclic amines) is 1. The fourth-order valence-corrected chi connectivity index (χ4v) is 3.42. The Morgan fingerprint density at radius 3 is 2.45 bits per heavy atom. The van der Waals surface area contributed by atoms with Crippen molar-refractivity contribution in [3.05, 3.63) is 52.3 Å². The first kappa shape index (κ1) is 24.2. The van der Waals surface area contributed by atoms with E-state index in [4.69, 9.17) is 4.74 Å². The van der Waals surface area contributed by atoms with Gasteiger partial charge < -0.3 is 19.9 Å². The molecule has 0 spiro atoms. The molecule has 0 saturated carbocycles. The van der Waals surface area contributed by atoms with Gasteiger partial charge in [-0.15, -0.1) is 0 Å². The smallest absolute Gasteiger partial charge is 0.417 e. The Hall–Kier alpha value is -3.44. The summed E-state index contributed by atoms with van der Waals surface area (Å²) in [5.74, 6) is -1.19. The fourth-order valence-electron chi connectivity index (χ4n) is 3.42. The zero-order chi connectivity index (χ0) is 24.2. The third kappa shape index (κ3) is 6.08. The molecule has 1 fully saturated rings. The lowest BCUT2D eigenvalue weighted by molar-refractivity contribution is -0.138. The zero-order valence-electron chi connectivity index (χ0n) is 18.1. The molecule has 0 aliphatic carbocycles. The van der Waals surface area contributed by atoms with Gasteiger partial charge in [0.25, 0.3) is 11.5 Å². The summed E-state index contributed by atoms with van der Waals surface area (Å²) in [5, 5.41) is 2.59.